The van der Waals surface area contributed by atoms with E-state index in [1.165, 1.54) is 35.6 Å². The normalized spacial score (nSPS) is 15.9. The summed E-state index contributed by atoms with van der Waals surface area (Å²) in [5.74, 6) is -2.41. The zero-order valence-electron chi connectivity index (χ0n) is 36.9. The standard InChI is InChI=1S/C45H50N6O14/c1-7-26-27-17-25(9-10-32(27)47-38-28(26)20-51-33(38)18-31-30(41(51)56)23-63-42(57)45(31,60)8-2)65-44(59)49(5)13-12-48(4)43(58)64-22-29-24(3)50(21-36(54)46-11-15-62-16-14-52)39-34(53)19-35(61-6)40(55)37(29)39/h9-10,17-19,52,60H,7-8,11-16,20-23H2,1-6H3,(H,46,54)/t45-/m1/s1. The van der Waals surface area contributed by atoms with E-state index in [9.17, 15) is 38.7 Å². The second kappa shape index (κ2) is 18.7. The second-order valence-corrected chi connectivity index (χ2v) is 15.8. The third kappa shape index (κ3) is 8.47. The van der Waals surface area contributed by atoms with Crippen molar-refractivity contribution in [3.8, 4) is 17.1 Å². The molecule has 2 aliphatic heterocycles. The van der Waals surface area contributed by atoms with Gasteiger partial charge in [-0.1, -0.05) is 13.8 Å². The molecule has 0 saturated carbocycles. The Morgan fingerprint density at radius 1 is 1.00 bits per heavy atom. The first kappa shape index (κ1) is 46.1. The average molecular weight is 899 g/mol. The van der Waals surface area contributed by atoms with Gasteiger partial charge in [0.05, 0.1) is 61.5 Å². The smallest absolute Gasteiger partial charge is 0.415 e. The number of aliphatic hydroxyl groups excluding tert-OH is 1. The van der Waals surface area contributed by atoms with Crippen LogP contribution >= 0.6 is 0 Å². The molecule has 3 aliphatic rings. The summed E-state index contributed by atoms with van der Waals surface area (Å²) in [6, 6.07) is 6.66. The molecular formula is C45H50N6O14. The van der Waals surface area contributed by atoms with Crippen molar-refractivity contribution in [3.05, 3.63) is 91.2 Å². The number of aliphatic hydroxyl groups is 2. The molecule has 1 atom stereocenters. The van der Waals surface area contributed by atoms with E-state index in [0.29, 0.717) is 34.4 Å². The van der Waals surface area contributed by atoms with Crippen molar-refractivity contribution in [1.29, 1.82) is 0 Å². The van der Waals surface area contributed by atoms with E-state index in [0.717, 1.165) is 17.2 Å². The highest BCUT2D eigenvalue weighted by Gasteiger charge is 2.45. The number of Topliss-reactive ketones (excluding diaryl/α,β-unsaturated/α-hetero) is 1. The molecule has 65 heavy (non-hydrogen) atoms. The van der Waals surface area contributed by atoms with Crippen LogP contribution in [0.1, 0.15) is 74.6 Å². The van der Waals surface area contributed by atoms with Crippen LogP contribution < -0.4 is 15.6 Å². The third-order valence-electron chi connectivity index (χ3n) is 12.0. The minimum atomic E-state index is -1.95. The number of allylic oxidation sites excluding steroid dienone is 2. The maximum absolute atomic E-state index is 13.7. The molecule has 0 spiro atoms. The van der Waals surface area contributed by atoms with Crippen LogP contribution in [0.2, 0.25) is 0 Å². The van der Waals surface area contributed by atoms with Crippen molar-refractivity contribution in [2.45, 2.75) is 65.5 Å². The fraction of sp³-hybridized carbons (Fsp3) is 0.422. The number of aryl methyl sites for hydroxylation is 1. The number of carbonyl (C=O) groups excluding carboxylic acids is 6. The number of cyclic esters (lactones) is 1. The van der Waals surface area contributed by atoms with E-state index < -0.39 is 47.8 Å². The Bertz CT molecular complexity index is 2740. The predicted molar refractivity (Wildman–Crippen MR) is 229 cm³/mol. The lowest BCUT2D eigenvalue weighted by atomic mass is 9.86. The Balaban J connectivity index is 1.00. The first-order chi connectivity index (χ1) is 31.1. The van der Waals surface area contributed by atoms with Gasteiger partial charge in [0.2, 0.25) is 17.5 Å². The van der Waals surface area contributed by atoms with Crippen LogP contribution in [-0.4, -0.2) is 130 Å². The summed E-state index contributed by atoms with van der Waals surface area (Å²) in [7, 11) is 4.21. The van der Waals surface area contributed by atoms with E-state index >= 15 is 0 Å². The molecule has 20 nitrogen and oxygen atoms in total. The average Bonchev–Trinajstić information content (AvgIpc) is 3.80. The van der Waals surface area contributed by atoms with E-state index in [1.54, 1.807) is 42.7 Å². The number of carbonyl (C=O) groups is 6. The van der Waals surface area contributed by atoms with Crippen molar-refractivity contribution < 1.29 is 62.7 Å². The van der Waals surface area contributed by atoms with Crippen LogP contribution in [0.4, 0.5) is 9.59 Å². The highest BCUT2D eigenvalue weighted by molar-refractivity contribution is 6.24. The molecular weight excluding hydrogens is 849 g/mol. The number of benzene rings is 1. The van der Waals surface area contributed by atoms with Gasteiger partial charge in [0.25, 0.3) is 5.56 Å². The molecule has 5 heterocycles. The Morgan fingerprint density at radius 2 is 1.74 bits per heavy atom. The van der Waals surface area contributed by atoms with Gasteiger partial charge in [-0.3, -0.25) is 19.2 Å². The highest BCUT2D eigenvalue weighted by Crippen LogP contribution is 2.41. The zero-order chi connectivity index (χ0) is 46.9. The molecule has 4 aromatic rings. The number of fused-ring (bicyclic) bond motifs is 6. The van der Waals surface area contributed by atoms with Crippen LogP contribution in [0.5, 0.6) is 5.75 Å². The lowest BCUT2D eigenvalue weighted by Crippen LogP contribution is -2.44. The van der Waals surface area contributed by atoms with Gasteiger partial charge >= 0.3 is 18.2 Å². The van der Waals surface area contributed by atoms with Crippen molar-refractivity contribution in [2.24, 2.45) is 0 Å². The number of amides is 3. The lowest BCUT2D eigenvalue weighted by Gasteiger charge is -2.31. The van der Waals surface area contributed by atoms with Gasteiger partial charge in [-0.25, -0.2) is 19.4 Å². The summed E-state index contributed by atoms with van der Waals surface area (Å²) in [5, 5.41) is 23.5. The summed E-state index contributed by atoms with van der Waals surface area (Å²) >= 11 is 0. The predicted octanol–water partition coefficient (Wildman–Crippen LogP) is 2.49. The number of hydrogen-bond acceptors (Lipinski definition) is 15. The molecule has 0 unspecified atom stereocenters. The summed E-state index contributed by atoms with van der Waals surface area (Å²) in [6.45, 7) is 4.75. The molecule has 3 N–H and O–H groups in total. The summed E-state index contributed by atoms with van der Waals surface area (Å²) in [4.78, 5) is 99.7. The van der Waals surface area contributed by atoms with Gasteiger partial charge in [0.15, 0.2) is 11.4 Å². The van der Waals surface area contributed by atoms with Crippen LogP contribution in [-0.2, 0) is 66.9 Å². The topological polar surface area (TPSA) is 247 Å². The molecule has 344 valence electrons. The maximum Gasteiger partial charge on any atom is 0.415 e. The minimum Gasteiger partial charge on any atom is -0.492 e. The zero-order valence-corrected chi connectivity index (χ0v) is 36.9. The quantitative estimate of drug-likeness (QED) is 0.0951. The molecule has 3 aromatic heterocycles. The van der Waals surface area contributed by atoms with Gasteiger partial charge in [0.1, 0.15) is 31.2 Å². The molecule has 3 amide bonds. The third-order valence-corrected chi connectivity index (χ3v) is 12.0. The van der Waals surface area contributed by atoms with Gasteiger partial charge in [-0.05, 0) is 49.6 Å². The Morgan fingerprint density at radius 3 is 2.43 bits per heavy atom. The lowest BCUT2D eigenvalue weighted by molar-refractivity contribution is -0.172. The number of rotatable bonds is 16. The van der Waals surface area contributed by atoms with E-state index in [1.807, 2.05) is 6.92 Å². The molecule has 7 rings (SSSR count). The minimum absolute atomic E-state index is 0.0196. The van der Waals surface area contributed by atoms with Crippen molar-refractivity contribution in [2.75, 3.05) is 60.7 Å². The molecule has 1 aromatic carbocycles. The second-order valence-electron chi connectivity index (χ2n) is 15.8. The number of hydrogen-bond donors (Lipinski definition) is 3. The van der Waals surface area contributed by atoms with Crippen LogP contribution in [0.25, 0.3) is 22.3 Å². The van der Waals surface area contributed by atoms with E-state index in [-0.39, 0.29) is 111 Å². The van der Waals surface area contributed by atoms with E-state index in [2.05, 4.69) is 5.32 Å². The summed E-state index contributed by atoms with van der Waals surface area (Å²) in [6.07, 6.45) is 0.122. The van der Waals surface area contributed by atoms with Gasteiger partial charge < -0.3 is 58.1 Å². The number of ether oxygens (including phenoxy) is 5. The molecule has 0 saturated heterocycles. The largest absolute Gasteiger partial charge is 0.492 e. The first-order valence-corrected chi connectivity index (χ1v) is 21.0. The van der Waals surface area contributed by atoms with Gasteiger partial charge in [-0.2, -0.15) is 0 Å². The van der Waals surface area contributed by atoms with E-state index in [4.69, 9.17) is 33.8 Å². The molecule has 1 aliphatic carbocycles. The number of ketones is 2. The van der Waals surface area contributed by atoms with Crippen LogP contribution in [0.3, 0.4) is 0 Å². The van der Waals surface area contributed by atoms with Crippen molar-refractivity contribution in [1.82, 2.24) is 29.2 Å². The Kier molecular flexibility index (Phi) is 13.2. The number of pyridine rings is 2. The fourth-order valence-electron chi connectivity index (χ4n) is 8.33. The van der Waals surface area contributed by atoms with Gasteiger partial charge in [-0.15, -0.1) is 0 Å². The number of methoxy groups -OCH3 is 1. The van der Waals surface area contributed by atoms with Crippen LogP contribution in [0, 0.1) is 6.92 Å². The van der Waals surface area contributed by atoms with Crippen molar-refractivity contribution >= 4 is 46.5 Å². The maximum atomic E-state index is 13.7. The number of esters is 1. The van der Waals surface area contributed by atoms with Crippen LogP contribution in [0.15, 0.2) is 40.9 Å². The first-order valence-electron chi connectivity index (χ1n) is 21.0. The molecule has 0 fully saturated rings. The number of aromatic nitrogens is 3. The molecule has 20 heteroatoms. The number of likely N-dealkylation sites (N-methyl/N-ethyl adjacent to an activating group) is 2. The van der Waals surface area contributed by atoms with Gasteiger partial charge in [0, 0.05) is 67.6 Å². The molecule has 0 bridgehead atoms. The number of nitrogens with one attached hydrogen (secondary N) is 1. The Hall–Kier alpha value is -6.90. The Labute approximate surface area is 372 Å². The summed E-state index contributed by atoms with van der Waals surface area (Å²) in [5.41, 5.74) is 1.94. The highest BCUT2D eigenvalue weighted by atomic mass is 16.6. The van der Waals surface area contributed by atoms with Crippen molar-refractivity contribution in [3.63, 3.8) is 0 Å². The summed E-state index contributed by atoms with van der Waals surface area (Å²) < 4.78 is 29.8. The monoisotopic (exact) mass is 898 g/mol. The number of nitrogens with zero attached hydrogens (tertiary/aromatic N) is 5. The fourth-order valence-corrected chi connectivity index (χ4v) is 8.33. The molecule has 0 radical (unpaired) electrons. The SMILES string of the molecule is CCc1c2c(nc3ccc(OC(=O)N(C)CCN(C)C(=O)OCc4c5c(n(CC(=O)NCCOCCO)c4C)C(=O)C=C(OC)C5=O)cc13)-c1cc3c(c(=O)n1C2)COC(=O)[C@@]3(O)CC.